The number of benzene rings is 1. The van der Waals surface area contributed by atoms with Crippen LogP contribution in [0.25, 0.3) is 0 Å². The summed E-state index contributed by atoms with van der Waals surface area (Å²) in [5.74, 6) is -0.311. The number of aliphatic hydroxyl groups is 1. The van der Waals surface area contributed by atoms with Gasteiger partial charge in [0.2, 0.25) is 0 Å². The second-order valence-electron chi connectivity index (χ2n) is 5.05. The fraction of sp³-hybridized carbons (Fsp3) is 0.400. The maximum absolute atomic E-state index is 13.4. The summed E-state index contributed by atoms with van der Waals surface area (Å²) in [6, 6.07) is 4.66. The van der Waals surface area contributed by atoms with Gasteiger partial charge in [-0.25, -0.2) is 4.39 Å². The van der Waals surface area contributed by atoms with Gasteiger partial charge in [-0.3, -0.25) is 4.68 Å². The minimum absolute atomic E-state index is 0.311. The van der Waals surface area contributed by atoms with Gasteiger partial charge in [-0.2, -0.15) is 5.10 Å². The lowest BCUT2D eigenvalue weighted by Crippen LogP contribution is -2.05. The Hall–Kier alpha value is -1.68. The zero-order valence-corrected chi connectivity index (χ0v) is 11.7. The Labute approximate surface area is 112 Å². The van der Waals surface area contributed by atoms with Crippen molar-refractivity contribution in [2.24, 2.45) is 7.05 Å². The summed E-state index contributed by atoms with van der Waals surface area (Å²) < 4.78 is 15.2. The predicted molar refractivity (Wildman–Crippen MR) is 72.5 cm³/mol. The number of aryl methyl sites for hydroxylation is 3. The Balaban J connectivity index is 2.27. The van der Waals surface area contributed by atoms with Crippen LogP contribution in [0.15, 0.2) is 18.2 Å². The average Bonchev–Trinajstić information content (AvgIpc) is 2.54. The van der Waals surface area contributed by atoms with E-state index in [1.54, 1.807) is 4.68 Å². The zero-order chi connectivity index (χ0) is 14.2. The molecule has 0 aliphatic carbocycles. The van der Waals surface area contributed by atoms with E-state index in [2.05, 4.69) is 5.10 Å². The fourth-order valence-corrected chi connectivity index (χ4v) is 2.38. The summed E-state index contributed by atoms with van der Waals surface area (Å²) >= 11 is 0. The van der Waals surface area contributed by atoms with Crippen LogP contribution in [0.1, 0.15) is 34.2 Å². The third-order valence-electron chi connectivity index (χ3n) is 3.51. The van der Waals surface area contributed by atoms with Crippen molar-refractivity contribution in [1.82, 2.24) is 9.78 Å². The molecule has 0 saturated heterocycles. The van der Waals surface area contributed by atoms with Crippen LogP contribution in [-0.2, 0) is 13.5 Å². The molecule has 1 unspecified atom stereocenters. The van der Waals surface area contributed by atoms with Gasteiger partial charge in [0.1, 0.15) is 5.82 Å². The predicted octanol–water partition coefficient (Wildman–Crippen LogP) is 2.76. The van der Waals surface area contributed by atoms with Gasteiger partial charge in [0.15, 0.2) is 0 Å². The Kier molecular flexibility index (Phi) is 3.71. The normalized spacial score (nSPS) is 12.7. The molecule has 2 aromatic rings. The first-order valence-corrected chi connectivity index (χ1v) is 6.32. The summed E-state index contributed by atoms with van der Waals surface area (Å²) in [6.45, 7) is 5.71. The monoisotopic (exact) mass is 262 g/mol. The summed E-state index contributed by atoms with van der Waals surface area (Å²) in [5.41, 5.74) is 4.39. The highest BCUT2D eigenvalue weighted by atomic mass is 19.1. The Bertz CT molecular complexity index is 584. The average molecular weight is 262 g/mol. The van der Waals surface area contributed by atoms with Crippen molar-refractivity contribution >= 4 is 0 Å². The highest BCUT2D eigenvalue weighted by Crippen LogP contribution is 2.23. The molecule has 4 heteroatoms. The van der Waals surface area contributed by atoms with E-state index in [0.717, 1.165) is 22.5 Å². The third kappa shape index (κ3) is 2.84. The van der Waals surface area contributed by atoms with Crippen LogP contribution in [0.4, 0.5) is 4.39 Å². The lowest BCUT2D eigenvalue weighted by molar-refractivity contribution is 0.177. The van der Waals surface area contributed by atoms with Crippen molar-refractivity contribution in [2.45, 2.75) is 33.3 Å². The van der Waals surface area contributed by atoms with Gasteiger partial charge in [-0.15, -0.1) is 0 Å². The van der Waals surface area contributed by atoms with Crippen LogP contribution in [0.2, 0.25) is 0 Å². The molecular weight excluding hydrogens is 243 g/mol. The van der Waals surface area contributed by atoms with Crippen LogP contribution in [-0.4, -0.2) is 14.9 Å². The molecule has 1 heterocycles. The molecule has 0 bridgehead atoms. The second kappa shape index (κ2) is 5.13. The van der Waals surface area contributed by atoms with E-state index in [-0.39, 0.29) is 5.82 Å². The number of rotatable bonds is 3. The Morgan fingerprint density at radius 1 is 1.26 bits per heavy atom. The number of halogens is 1. The van der Waals surface area contributed by atoms with Crippen molar-refractivity contribution in [3.63, 3.8) is 0 Å². The molecule has 0 fully saturated rings. The first kappa shape index (κ1) is 13.7. The number of hydrogen-bond acceptors (Lipinski definition) is 2. The van der Waals surface area contributed by atoms with Gasteiger partial charge in [0.25, 0.3) is 0 Å². The molecule has 0 saturated carbocycles. The minimum atomic E-state index is -0.712. The molecule has 1 aromatic heterocycles. The van der Waals surface area contributed by atoms with Crippen LogP contribution in [0.3, 0.4) is 0 Å². The molecule has 102 valence electrons. The molecule has 3 nitrogen and oxygen atoms in total. The zero-order valence-electron chi connectivity index (χ0n) is 11.7. The smallest absolute Gasteiger partial charge is 0.123 e. The molecule has 0 aliphatic rings. The topological polar surface area (TPSA) is 38.1 Å². The lowest BCUT2D eigenvalue weighted by atomic mass is 9.99. The molecule has 19 heavy (non-hydrogen) atoms. The number of aromatic nitrogens is 2. The second-order valence-corrected chi connectivity index (χ2v) is 5.05. The Morgan fingerprint density at radius 2 is 1.95 bits per heavy atom. The van der Waals surface area contributed by atoms with Gasteiger partial charge in [0.05, 0.1) is 11.8 Å². The molecule has 1 aromatic carbocycles. The highest BCUT2D eigenvalue weighted by Gasteiger charge is 2.16. The van der Waals surface area contributed by atoms with E-state index in [4.69, 9.17) is 0 Å². The van der Waals surface area contributed by atoms with Crippen LogP contribution in [0, 0.1) is 26.6 Å². The molecule has 1 N–H and O–H groups in total. The van der Waals surface area contributed by atoms with Crippen molar-refractivity contribution < 1.29 is 9.50 Å². The van der Waals surface area contributed by atoms with Crippen molar-refractivity contribution in [1.29, 1.82) is 0 Å². The molecule has 0 spiro atoms. The first-order chi connectivity index (χ1) is 8.88. The lowest BCUT2D eigenvalue weighted by Gasteiger charge is -2.12. The van der Waals surface area contributed by atoms with E-state index >= 15 is 0 Å². The van der Waals surface area contributed by atoms with Crippen molar-refractivity contribution in [3.8, 4) is 0 Å². The van der Waals surface area contributed by atoms with Crippen LogP contribution >= 0.6 is 0 Å². The van der Waals surface area contributed by atoms with Gasteiger partial charge < -0.3 is 5.11 Å². The molecule has 0 radical (unpaired) electrons. The van der Waals surface area contributed by atoms with E-state index < -0.39 is 6.10 Å². The van der Waals surface area contributed by atoms with Gasteiger partial charge in [-0.05, 0) is 49.6 Å². The number of hydrogen-bond donors (Lipinski definition) is 1. The van der Waals surface area contributed by atoms with Crippen LogP contribution < -0.4 is 0 Å². The number of aliphatic hydroxyl groups excluding tert-OH is 1. The summed E-state index contributed by atoms with van der Waals surface area (Å²) in [7, 11) is 1.88. The maximum atomic E-state index is 13.4. The standard InChI is InChI=1S/C15H19FN2O/c1-9-5-12(7-13(16)6-9)15(19)8-14-10(2)17-18(4)11(14)3/h5-7,15,19H,8H2,1-4H3. The maximum Gasteiger partial charge on any atom is 0.123 e. The summed E-state index contributed by atoms with van der Waals surface area (Å²) in [6.07, 6.45) is -0.259. The first-order valence-electron chi connectivity index (χ1n) is 6.32. The molecule has 2 rings (SSSR count). The van der Waals surface area contributed by atoms with E-state index in [9.17, 15) is 9.50 Å². The molecule has 0 amide bonds. The molecular formula is C15H19FN2O. The summed E-state index contributed by atoms with van der Waals surface area (Å²) in [5, 5.41) is 14.6. The van der Waals surface area contributed by atoms with Crippen LogP contribution in [0.5, 0.6) is 0 Å². The van der Waals surface area contributed by atoms with Gasteiger partial charge >= 0.3 is 0 Å². The Morgan fingerprint density at radius 3 is 2.47 bits per heavy atom. The minimum Gasteiger partial charge on any atom is -0.388 e. The molecule has 1 atom stereocenters. The summed E-state index contributed by atoms with van der Waals surface area (Å²) in [4.78, 5) is 0. The van der Waals surface area contributed by atoms with Gasteiger partial charge in [0, 0.05) is 19.2 Å². The highest BCUT2D eigenvalue weighted by molar-refractivity contribution is 5.30. The largest absolute Gasteiger partial charge is 0.388 e. The fourth-order valence-electron chi connectivity index (χ4n) is 2.38. The number of nitrogens with zero attached hydrogens (tertiary/aromatic N) is 2. The third-order valence-corrected chi connectivity index (χ3v) is 3.51. The SMILES string of the molecule is Cc1cc(F)cc(C(O)Cc2c(C)nn(C)c2C)c1. The van der Waals surface area contributed by atoms with Crippen molar-refractivity contribution in [2.75, 3.05) is 0 Å². The molecule has 0 aliphatic heterocycles. The van der Waals surface area contributed by atoms with E-state index in [1.807, 2.05) is 33.9 Å². The van der Waals surface area contributed by atoms with Crippen molar-refractivity contribution in [3.05, 3.63) is 52.1 Å². The van der Waals surface area contributed by atoms with E-state index in [1.165, 1.54) is 12.1 Å². The van der Waals surface area contributed by atoms with Gasteiger partial charge in [-0.1, -0.05) is 6.07 Å². The quantitative estimate of drug-likeness (QED) is 0.923. The van der Waals surface area contributed by atoms with E-state index in [0.29, 0.717) is 12.0 Å².